The Labute approximate surface area is 154 Å². The Hall–Kier alpha value is -3.03. The Morgan fingerprint density at radius 2 is 1.67 bits per heavy atom. The number of esters is 1. The predicted molar refractivity (Wildman–Crippen MR) is 92.3 cm³/mol. The summed E-state index contributed by atoms with van der Waals surface area (Å²) in [5.74, 6) is -1.56. The lowest BCUT2D eigenvalue weighted by Crippen LogP contribution is -2.21. The summed E-state index contributed by atoms with van der Waals surface area (Å²) in [5.41, 5.74) is 3.19. The average molecular weight is 381 g/mol. The molecule has 0 saturated heterocycles. The van der Waals surface area contributed by atoms with Gasteiger partial charge in [0, 0.05) is 5.69 Å². The largest absolute Gasteiger partial charge is 0.573 e. The van der Waals surface area contributed by atoms with Crippen molar-refractivity contribution in [2.45, 2.75) is 26.6 Å². The molecule has 5 nitrogen and oxygen atoms in total. The van der Waals surface area contributed by atoms with Gasteiger partial charge in [-0.05, 0) is 54.8 Å². The number of halogens is 3. The van der Waals surface area contributed by atoms with Crippen molar-refractivity contribution in [3.63, 3.8) is 0 Å². The molecule has 2 rings (SSSR count). The van der Waals surface area contributed by atoms with Crippen molar-refractivity contribution in [2.24, 2.45) is 0 Å². The first kappa shape index (κ1) is 20.3. The Morgan fingerprint density at radius 1 is 1.00 bits per heavy atom. The van der Waals surface area contributed by atoms with Crippen LogP contribution < -0.4 is 10.1 Å². The Bertz CT molecular complexity index is 817. The fourth-order valence-electron chi connectivity index (χ4n) is 2.21. The quantitative estimate of drug-likeness (QED) is 0.771. The van der Waals surface area contributed by atoms with E-state index < -0.39 is 30.6 Å². The zero-order valence-corrected chi connectivity index (χ0v) is 14.7. The maximum atomic E-state index is 12.1. The number of alkyl halides is 3. The second kappa shape index (κ2) is 8.57. The average Bonchev–Trinajstić information content (AvgIpc) is 2.57. The predicted octanol–water partition coefficient (Wildman–Crippen LogP) is 3.93. The molecule has 2 aromatic carbocycles. The van der Waals surface area contributed by atoms with Gasteiger partial charge in [0.25, 0.3) is 5.91 Å². The molecule has 1 N–H and O–H groups in total. The molecule has 8 heteroatoms. The number of benzene rings is 2. The molecular formula is C19H18F3NO4. The van der Waals surface area contributed by atoms with Crippen molar-refractivity contribution in [3.05, 3.63) is 59.2 Å². The van der Waals surface area contributed by atoms with Gasteiger partial charge in [0.1, 0.15) is 5.75 Å². The lowest BCUT2D eigenvalue weighted by atomic mass is 10.0. The number of rotatable bonds is 6. The zero-order chi connectivity index (χ0) is 20.0. The van der Waals surface area contributed by atoms with Crippen LogP contribution in [0.15, 0.2) is 42.5 Å². The fourth-order valence-corrected chi connectivity index (χ4v) is 2.21. The van der Waals surface area contributed by atoms with E-state index in [1.54, 1.807) is 0 Å². The highest BCUT2D eigenvalue weighted by Crippen LogP contribution is 2.23. The molecule has 27 heavy (non-hydrogen) atoms. The smallest absolute Gasteiger partial charge is 0.455 e. The summed E-state index contributed by atoms with van der Waals surface area (Å²) in [6, 6.07) is 10.2. The van der Waals surface area contributed by atoms with Crippen molar-refractivity contribution >= 4 is 17.6 Å². The van der Waals surface area contributed by atoms with Crippen molar-refractivity contribution in [1.29, 1.82) is 0 Å². The van der Waals surface area contributed by atoms with E-state index in [2.05, 4.69) is 10.1 Å². The normalized spacial score (nSPS) is 11.0. The number of hydrogen-bond acceptors (Lipinski definition) is 4. The van der Waals surface area contributed by atoms with Crippen LogP contribution >= 0.6 is 0 Å². The van der Waals surface area contributed by atoms with Crippen molar-refractivity contribution < 1.29 is 32.2 Å². The molecule has 0 atom stereocenters. The van der Waals surface area contributed by atoms with Gasteiger partial charge < -0.3 is 14.8 Å². The SMILES string of the molecule is Cc1ccc(CC(=O)OCC(=O)Nc2ccc(OC(F)(F)F)cc2)cc1C. The minimum absolute atomic E-state index is 0.0396. The minimum Gasteiger partial charge on any atom is -0.455 e. The van der Waals surface area contributed by atoms with Gasteiger partial charge in [0.15, 0.2) is 6.61 Å². The second-order valence-electron chi connectivity index (χ2n) is 5.88. The van der Waals surface area contributed by atoms with Crippen LogP contribution in [0, 0.1) is 13.8 Å². The Balaban J connectivity index is 1.79. The van der Waals surface area contributed by atoms with Crippen molar-refractivity contribution in [2.75, 3.05) is 11.9 Å². The molecule has 0 radical (unpaired) electrons. The molecule has 0 aliphatic heterocycles. The molecule has 2 aromatic rings. The van der Waals surface area contributed by atoms with Crippen molar-refractivity contribution in [3.8, 4) is 5.75 Å². The number of hydrogen-bond donors (Lipinski definition) is 1. The van der Waals surface area contributed by atoms with Gasteiger partial charge >= 0.3 is 12.3 Å². The number of carbonyl (C=O) groups is 2. The molecule has 144 valence electrons. The fraction of sp³-hybridized carbons (Fsp3) is 0.263. The van der Waals surface area contributed by atoms with Crippen LogP contribution in [-0.4, -0.2) is 24.8 Å². The van der Waals surface area contributed by atoms with E-state index in [0.717, 1.165) is 28.8 Å². The van der Waals surface area contributed by atoms with Crippen LogP contribution in [0.2, 0.25) is 0 Å². The first-order valence-electron chi connectivity index (χ1n) is 8.00. The topological polar surface area (TPSA) is 64.6 Å². The summed E-state index contributed by atoms with van der Waals surface area (Å²) in [6.45, 7) is 3.40. The molecule has 0 heterocycles. The van der Waals surface area contributed by atoms with Gasteiger partial charge in [-0.1, -0.05) is 18.2 Å². The summed E-state index contributed by atoms with van der Waals surface area (Å²) < 4.78 is 44.9. The summed E-state index contributed by atoms with van der Waals surface area (Å²) in [7, 11) is 0. The molecule has 0 aliphatic rings. The lowest BCUT2D eigenvalue weighted by molar-refractivity contribution is -0.274. The Morgan fingerprint density at radius 3 is 2.26 bits per heavy atom. The molecule has 0 spiro atoms. The van der Waals surface area contributed by atoms with Gasteiger partial charge in [-0.3, -0.25) is 9.59 Å². The van der Waals surface area contributed by atoms with E-state index in [1.165, 1.54) is 12.1 Å². The standard InChI is InChI=1S/C19H18F3NO4/c1-12-3-4-14(9-13(12)2)10-18(25)26-11-17(24)23-15-5-7-16(8-6-15)27-19(20,21)22/h3-9H,10-11H2,1-2H3,(H,23,24). The highest BCUT2D eigenvalue weighted by atomic mass is 19.4. The molecule has 1 amide bonds. The summed E-state index contributed by atoms with van der Waals surface area (Å²) in [4.78, 5) is 23.6. The van der Waals surface area contributed by atoms with E-state index >= 15 is 0 Å². The highest BCUT2D eigenvalue weighted by Gasteiger charge is 2.30. The van der Waals surface area contributed by atoms with Gasteiger partial charge in [0.2, 0.25) is 0 Å². The van der Waals surface area contributed by atoms with Crippen LogP contribution in [0.3, 0.4) is 0 Å². The van der Waals surface area contributed by atoms with Crippen LogP contribution in [-0.2, 0) is 20.7 Å². The van der Waals surface area contributed by atoms with E-state index in [1.807, 2.05) is 32.0 Å². The van der Waals surface area contributed by atoms with Gasteiger partial charge in [-0.25, -0.2) is 0 Å². The number of carbonyl (C=O) groups excluding carboxylic acids is 2. The summed E-state index contributed by atoms with van der Waals surface area (Å²) in [5, 5.41) is 2.41. The third-order valence-electron chi connectivity index (χ3n) is 3.66. The number of ether oxygens (including phenoxy) is 2. The lowest BCUT2D eigenvalue weighted by Gasteiger charge is -2.10. The third kappa shape index (κ3) is 7.01. The van der Waals surface area contributed by atoms with Gasteiger partial charge in [-0.15, -0.1) is 13.2 Å². The maximum Gasteiger partial charge on any atom is 0.573 e. The second-order valence-corrected chi connectivity index (χ2v) is 5.88. The number of aryl methyl sites for hydroxylation is 2. The number of nitrogens with one attached hydrogen (secondary N) is 1. The highest BCUT2D eigenvalue weighted by molar-refractivity contribution is 5.92. The van der Waals surface area contributed by atoms with E-state index in [0.29, 0.717) is 0 Å². The first-order valence-corrected chi connectivity index (χ1v) is 8.00. The molecule has 0 unspecified atom stereocenters. The Kier molecular flexibility index (Phi) is 6.44. The van der Waals surface area contributed by atoms with E-state index in [9.17, 15) is 22.8 Å². The van der Waals surface area contributed by atoms with Crippen molar-refractivity contribution in [1.82, 2.24) is 0 Å². The number of anilines is 1. The molecule has 0 fully saturated rings. The van der Waals surface area contributed by atoms with Gasteiger partial charge in [-0.2, -0.15) is 0 Å². The van der Waals surface area contributed by atoms with E-state index in [-0.39, 0.29) is 12.1 Å². The number of amides is 1. The summed E-state index contributed by atoms with van der Waals surface area (Å²) >= 11 is 0. The monoisotopic (exact) mass is 381 g/mol. The van der Waals surface area contributed by atoms with Gasteiger partial charge in [0.05, 0.1) is 6.42 Å². The first-order chi connectivity index (χ1) is 12.6. The molecule has 0 saturated carbocycles. The van der Waals surface area contributed by atoms with Crippen LogP contribution in [0.5, 0.6) is 5.75 Å². The van der Waals surface area contributed by atoms with E-state index in [4.69, 9.17) is 4.74 Å². The van der Waals surface area contributed by atoms with Crippen LogP contribution in [0.4, 0.5) is 18.9 Å². The molecule has 0 bridgehead atoms. The van der Waals surface area contributed by atoms with Crippen LogP contribution in [0.1, 0.15) is 16.7 Å². The molecule has 0 aromatic heterocycles. The summed E-state index contributed by atoms with van der Waals surface area (Å²) in [6.07, 6.45) is -4.74. The zero-order valence-electron chi connectivity index (χ0n) is 14.7. The van der Waals surface area contributed by atoms with Crippen LogP contribution in [0.25, 0.3) is 0 Å². The maximum absolute atomic E-state index is 12.1. The minimum atomic E-state index is -4.78. The molecule has 0 aliphatic carbocycles. The third-order valence-corrected chi connectivity index (χ3v) is 3.66. The molecular weight excluding hydrogens is 363 g/mol.